The molecule has 0 fully saturated rings. The van der Waals surface area contributed by atoms with E-state index in [0.29, 0.717) is 12.8 Å². The minimum Gasteiger partial charge on any atom is -0.481 e. The molecule has 0 bridgehead atoms. The molecular weight excluding hydrogens is 320 g/mol. The first-order valence-corrected chi connectivity index (χ1v) is 9.69. The number of aliphatic carboxylic acids is 1. The van der Waals surface area contributed by atoms with Gasteiger partial charge in [0.1, 0.15) is 6.10 Å². The molecule has 0 saturated heterocycles. The van der Waals surface area contributed by atoms with E-state index in [-0.39, 0.29) is 12.4 Å². The number of aliphatic hydroxyl groups is 1. The molecule has 0 aromatic heterocycles. The number of allylic oxidation sites excluding steroid dienone is 1. The summed E-state index contributed by atoms with van der Waals surface area (Å²) in [6.45, 7) is 3.50. The quantitative estimate of drug-likeness (QED) is 0.239. The molecule has 0 aliphatic carbocycles. The molecule has 2 N–H and O–H groups in total. The number of hydrogen-bond acceptors (Lipinski definition) is 4. The second-order valence-electron chi connectivity index (χ2n) is 6.62. The first-order valence-electron chi connectivity index (χ1n) is 9.69. The Morgan fingerprint density at radius 1 is 1.00 bits per heavy atom. The lowest BCUT2D eigenvalue weighted by Crippen LogP contribution is -2.30. The molecule has 0 aromatic rings. The number of ether oxygens (including phenoxy) is 1. The van der Waals surface area contributed by atoms with Gasteiger partial charge in [-0.05, 0) is 38.5 Å². The lowest BCUT2D eigenvalue weighted by Gasteiger charge is -2.21. The summed E-state index contributed by atoms with van der Waals surface area (Å²) in [5.74, 6) is -1.06. The predicted molar refractivity (Wildman–Crippen MR) is 99.4 cm³/mol. The van der Waals surface area contributed by atoms with Crippen LogP contribution in [0.4, 0.5) is 0 Å². The highest BCUT2D eigenvalue weighted by molar-refractivity contribution is 5.66. The maximum absolute atomic E-state index is 11.2. The smallest absolute Gasteiger partial charge is 0.303 e. The van der Waals surface area contributed by atoms with E-state index in [1.54, 1.807) is 0 Å². The van der Waals surface area contributed by atoms with Gasteiger partial charge in [0, 0.05) is 13.3 Å². The number of carboxylic acid groups (broad SMARTS) is 1. The molecule has 0 aromatic carbocycles. The van der Waals surface area contributed by atoms with Crippen LogP contribution in [0.3, 0.4) is 0 Å². The number of aliphatic hydroxyl groups excluding tert-OH is 1. The van der Waals surface area contributed by atoms with Crippen molar-refractivity contribution in [2.45, 2.75) is 103 Å². The van der Waals surface area contributed by atoms with Crippen molar-refractivity contribution in [1.82, 2.24) is 0 Å². The van der Waals surface area contributed by atoms with Gasteiger partial charge in [0.2, 0.25) is 0 Å². The van der Waals surface area contributed by atoms with Crippen LogP contribution in [0.2, 0.25) is 0 Å². The van der Waals surface area contributed by atoms with Crippen molar-refractivity contribution < 1.29 is 24.5 Å². The van der Waals surface area contributed by atoms with Gasteiger partial charge in [-0.3, -0.25) is 9.59 Å². The minimum absolute atomic E-state index is 0.263. The molecule has 0 saturated carbocycles. The van der Waals surface area contributed by atoms with Crippen LogP contribution >= 0.6 is 0 Å². The van der Waals surface area contributed by atoms with Gasteiger partial charge in [-0.1, -0.05) is 51.2 Å². The fraction of sp³-hybridized carbons (Fsp3) is 0.800. The fourth-order valence-corrected chi connectivity index (χ4v) is 2.71. The lowest BCUT2D eigenvalue weighted by atomic mass is 10.0. The molecule has 0 amide bonds. The maximum atomic E-state index is 11.2. The van der Waals surface area contributed by atoms with Gasteiger partial charge in [0.25, 0.3) is 0 Å². The third kappa shape index (κ3) is 15.9. The summed E-state index contributed by atoms with van der Waals surface area (Å²) in [7, 11) is 0. The van der Waals surface area contributed by atoms with Crippen molar-refractivity contribution in [2.24, 2.45) is 0 Å². The van der Waals surface area contributed by atoms with Gasteiger partial charge >= 0.3 is 11.9 Å². The van der Waals surface area contributed by atoms with E-state index in [0.717, 1.165) is 57.8 Å². The standard InChI is InChI=1S/C20H36O5/c1-3-4-11-15-19(25-17(2)21)18(22)14-12-9-7-5-6-8-10-13-16-20(23)24/h9,12,18-19,22H,3-8,10-11,13-16H2,1-2H3,(H,23,24)/b12-9+. The summed E-state index contributed by atoms with van der Waals surface area (Å²) in [5.41, 5.74) is 0. The highest BCUT2D eigenvalue weighted by Gasteiger charge is 2.20. The van der Waals surface area contributed by atoms with Crippen molar-refractivity contribution in [3.8, 4) is 0 Å². The largest absolute Gasteiger partial charge is 0.481 e. The lowest BCUT2D eigenvalue weighted by molar-refractivity contribution is -0.152. The molecule has 0 spiro atoms. The Balaban J connectivity index is 3.83. The number of esters is 1. The molecule has 2 atom stereocenters. The topological polar surface area (TPSA) is 83.8 Å². The molecule has 146 valence electrons. The second-order valence-corrected chi connectivity index (χ2v) is 6.62. The van der Waals surface area contributed by atoms with E-state index in [4.69, 9.17) is 9.84 Å². The Morgan fingerprint density at radius 3 is 2.32 bits per heavy atom. The zero-order valence-electron chi connectivity index (χ0n) is 15.9. The van der Waals surface area contributed by atoms with E-state index in [2.05, 4.69) is 13.0 Å². The minimum atomic E-state index is -0.719. The molecule has 0 radical (unpaired) electrons. The van der Waals surface area contributed by atoms with E-state index >= 15 is 0 Å². The van der Waals surface area contributed by atoms with Gasteiger partial charge in [-0.25, -0.2) is 0 Å². The summed E-state index contributed by atoms with van der Waals surface area (Å²) >= 11 is 0. The zero-order valence-corrected chi connectivity index (χ0v) is 15.9. The second kappa shape index (κ2) is 16.1. The number of carbonyl (C=O) groups excluding carboxylic acids is 1. The van der Waals surface area contributed by atoms with Crippen molar-refractivity contribution in [3.63, 3.8) is 0 Å². The molecule has 0 heterocycles. The average Bonchev–Trinajstić information content (AvgIpc) is 2.55. The molecule has 5 nitrogen and oxygen atoms in total. The predicted octanol–water partition coefficient (Wildman–Crippen LogP) is 4.62. The Hall–Kier alpha value is -1.36. The number of hydrogen-bond donors (Lipinski definition) is 2. The number of carbonyl (C=O) groups is 2. The van der Waals surface area contributed by atoms with Gasteiger partial charge in [-0.15, -0.1) is 0 Å². The molecule has 2 unspecified atom stereocenters. The van der Waals surface area contributed by atoms with E-state index in [9.17, 15) is 14.7 Å². The Labute approximate surface area is 152 Å². The van der Waals surface area contributed by atoms with E-state index in [1.807, 2.05) is 6.08 Å². The monoisotopic (exact) mass is 356 g/mol. The molecule has 25 heavy (non-hydrogen) atoms. The van der Waals surface area contributed by atoms with Crippen molar-refractivity contribution >= 4 is 11.9 Å². The first-order chi connectivity index (χ1) is 12.0. The first kappa shape index (κ1) is 23.6. The molecule has 0 rings (SSSR count). The number of rotatable bonds is 16. The summed E-state index contributed by atoms with van der Waals surface area (Å²) in [4.78, 5) is 21.6. The zero-order chi connectivity index (χ0) is 18.9. The van der Waals surface area contributed by atoms with Crippen LogP contribution in [0, 0.1) is 0 Å². The van der Waals surface area contributed by atoms with E-state index < -0.39 is 18.2 Å². The SMILES string of the molecule is CCCCCC(OC(C)=O)C(O)C/C=C/CCCCCCCC(=O)O. The Morgan fingerprint density at radius 2 is 1.68 bits per heavy atom. The van der Waals surface area contributed by atoms with Crippen molar-refractivity contribution in [2.75, 3.05) is 0 Å². The van der Waals surface area contributed by atoms with Gasteiger partial charge < -0.3 is 14.9 Å². The van der Waals surface area contributed by atoms with Crippen LogP contribution in [0.25, 0.3) is 0 Å². The van der Waals surface area contributed by atoms with Gasteiger partial charge in [0.05, 0.1) is 6.10 Å². The summed E-state index contributed by atoms with van der Waals surface area (Å²) < 4.78 is 5.24. The van der Waals surface area contributed by atoms with Crippen LogP contribution in [-0.2, 0) is 14.3 Å². The summed E-state index contributed by atoms with van der Waals surface area (Å²) in [5, 5.41) is 18.8. The van der Waals surface area contributed by atoms with Crippen LogP contribution in [0.5, 0.6) is 0 Å². The van der Waals surface area contributed by atoms with Crippen LogP contribution in [0.1, 0.15) is 90.9 Å². The van der Waals surface area contributed by atoms with Crippen LogP contribution < -0.4 is 0 Å². The fourth-order valence-electron chi connectivity index (χ4n) is 2.71. The average molecular weight is 357 g/mol. The maximum Gasteiger partial charge on any atom is 0.303 e. The van der Waals surface area contributed by atoms with Crippen LogP contribution in [0.15, 0.2) is 12.2 Å². The highest BCUT2D eigenvalue weighted by atomic mass is 16.6. The molecule has 0 aliphatic rings. The third-order valence-electron chi connectivity index (χ3n) is 4.14. The normalized spacial score (nSPS) is 13.7. The van der Waals surface area contributed by atoms with E-state index in [1.165, 1.54) is 6.92 Å². The van der Waals surface area contributed by atoms with Crippen LogP contribution in [-0.4, -0.2) is 34.4 Å². The molecular formula is C20H36O5. The summed E-state index contributed by atoms with van der Waals surface area (Å²) in [6, 6.07) is 0. The summed E-state index contributed by atoms with van der Waals surface area (Å²) in [6.07, 6.45) is 13.5. The molecule has 0 aliphatic heterocycles. The molecule has 5 heteroatoms. The Kier molecular flexibility index (Phi) is 15.2. The number of unbranched alkanes of at least 4 members (excludes halogenated alkanes) is 7. The highest BCUT2D eigenvalue weighted by Crippen LogP contribution is 2.14. The Bertz CT molecular complexity index is 378. The van der Waals surface area contributed by atoms with Crippen molar-refractivity contribution in [1.29, 1.82) is 0 Å². The van der Waals surface area contributed by atoms with Crippen molar-refractivity contribution in [3.05, 3.63) is 12.2 Å². The van der Waals surface area contributed by atoms with Gasteiger partial charge in [-0.2, -0.15) is 0 Å². The van der Waals surface area contributed by atoms with Gasteiger partial charge in [0.15, 0.2) is 0 Å². The third-order valence-corrected chi connectivity index (χ3v) is 4.14. The number of carboxylic acids is 1.